The van der Waals surface area contributed by atoms with E-state index in [4.69, 9.17) is 12.2 Å². The highest BCUT2D eigenvalue weighted by atomic mass is 19.1. The quantitative estimate of drug-likeness (QED) is 0.578. The van der Waals surface area contributed by atoms with Gasteiger partial charge in [0.05, 0.1) is 11.1 Å². The summed E-state index contributed by atoms with van der Waals surface area (Å²) in [6, 6.07) is 10.3. The van der Waals surface area contributed by atoms with Crippen molar-refractivity contribution in [2.75, 3.05) is 5.32 Å². The Balaban J connectivity index is 1.27. The van der Waals surface area contributed by atoms with Gasteiger partial charge in [0.2, 0.25) is 5.91 Å². The van der Waals surface area contributed by atoms with Crippen LogP contribution >= 0.6 is 0 Å². The molecule has 2 fully saturated rings. The van der Waals surface area contributed by atoms with Crippen LogP contribution in [-0.2, 0) is 4.79 Å². The smallest absolute Gasteiger partial charge is 0.245 e. The molecule has 0 aliphatic heterocycles. The molecule has 0 bridgehead atoms. The third-order valence-electron chi connectivity index (χ3n) is 7.70. The molecule has 3 N–H and O–H groups in total. The standard InChI is InChI=1S/C27H27FN4O/c1-3-16-4-7-25(31-15-16)32-26(33)27(2,29)20-12-17-10-19(11-18(17)13-20)22-8-9-30-24-6-5-21(28)14-23(22)24/h1,4-9,14-15,17-20H,10-13,29H2,2H3,(H,31,32,33)/t17-,18+,19-,20+,27?. The van der Waals surface area contributed by atoms with Crippen molar-refractivity contribution in [3.8, 4) is 12.3 Å². The molecule has 2 aliphatic rings. The van der Waals surface area contributed by atoms with Gasteiger partial charge in [-0.1, -0.05) is 5.92 Å². The highest BCUT2D eigenvalue weighted by molar-refractivity contribution is 5.97. The van der Waals surface area contributed by atoms with Gasteiger partial charge in [-0.05, 0) is 98.2 Å². The van der Waals surface area contributed by atoms with Gasteiger partial charge in [-0.15, -0.1) is 6.42 Å². The van der Waals surface area contributed by atoms with Crippen LogP contribution in [0.25, 0.3) is 10.9 Å². The number of pyridine rings is 2. The second-order valence-electron chi connectivity index (χ2n) is 9.73. The van der Waals surface area contributed by atoms with Crippen LogP contribution in [0.4, 0.5) is 10.2 Å². The maximum absolute atomic E-state index is 13.9. The van der Waals surface area contributed by atoms with Crippen molar-refractivity contribution in [1.82, 2.24) is 9.97 Å². The van der Waals surface area contributed by atoms with E-state index in [1.807, 2.05) is 19.2 Å². The summed E-state index contributed by atoms with van der Waals surface area (Å²) in [5.74, 6) is 4.02. The average Bonchev–Trinajstić information content (AvgIpc) is 3.39. The van der Waals surface area contributed by atoms with Gasteiger partial charge in [-0.25, -0.2) is 9.37 Å². The fraction of sp³-hybridized carbons (Fsp3) is 0.370. The molecular formula is C27H27FN4O. The Kier molecular flexibility index (Phi) is 5.38. The number of rotatable bonds is 4. The number of amides is 1. The number of carbonyl (C=O) groups is 1. The monoisotopic (exact) mass is 442 g/mol. The zero-order valence-electron chi connectivity index (χ0n) is 18.6. The normalized spacial score (nSPS) is 25.9. The molecule has 5 nitrogen and oxygen atoms in total. The Bertz CT molecular complexity index is 1230. The summed E-state index contributed by atoms with van der Waals surface area (Å²) < 4.78 is 13.9. The van der Waals surface area contributed by atoms with Crippen molar-refractivity contribution in [2.45, 2.75) is 44.1 Å². The molecule has 1 unspecified atom stereocenters. The fourth-order valence-electron chi connectivity index (χ4n) is 5.85. The molecule has 0 radical (unpaired) electrons. The minimum absolute atomic E-state index is 0.102. The molecule has 0 saturated heterocycles. The Labute approximate surface area is 193 Å². The van der Waals surface area contributed by atoms with E-state index in [9.17, 15) is 9.18 Å². The van der Waals surface area contributed by atoms with Gasteiger partial charge in [0.25, 0.3) is 0 Å². The maximum Gasteiger partial charge on any atom is 0.245 e. The van der Waals surface area contributed by atoms with Gasteiger partial charge in [0.1, 0.15) is 11.6 Å². The summed E-state index contributed by atoms with van der Waals surface area (Å²) in [6.45, 7) is 1.82. The topological polar surface area (TPSA) is 80.9 Å². The molecule has 168 valence electrons. The Morgan fingerprint density at radius 1 is 1.15 bits per heavy atom. The molecule has 3 aromatic rings. The van der Waals surface area contributed by atoms with Gasteiger partial charge in [-0.2, -0.15) is 0 Å². The van der Waals surface area contributed by atoms with Crippen molar-refractivity contribution in [1.29, 1.82) is 0 Å². The van der Waals surface area contributed by atoms with Crippen LogP contribution in [0.2, 0.25) is 0 Å². The summed E-state index contributed by atoms with van der Waals surface area (Å²) in [5, 5.41) is 3.76. The molecule has 5 atom stereocenters. The van der Waals surface area contributed by atoms with Crippen molar-refractivity contribution in [2.24, 2.45) is 23.5 Å². The molecule has 2 saturated carbocycles. The van der Waals surface area contributed by atoms with E-state index in [2.05, 4.69) is 21.2 Å². The van der Waals surface area contributed by atoms with Crippen molar-refractivity contribution < 1.29 is 9.18 Å². The predicted octanol–water partition coefficient (Wildman–Crippen LogP) is 4.63. The van der Waals surface area contributed by atoms with E-state index in [0.717, 1.165) is 36.6 Å². The first-order valence-electron chi connectivity index (χ1n) is 11.4. The van der Waals surface area contributed by atoms with Gasteiger partial charge >= 0.3 is 0 Å². The number of halogens is 1. The lowest BCUT2D eigenvalue weighted by Gasteiger charge is -2.31. The molecule has 2 heterocycles. The molecule has 33 heavy (non-hydrogen) atoms. The number of hydrogen-bond acceptors (Lipinski definition) is 4. The first-order valence-corrected chi connectivity index (χ1v) is 11.4. The minimum atomic E-state index is -0.987. The number of nitrogens with two attached hydrogens (primary N) is 1. The number of nitrogens with zero attached hydrogens (tertiary/aromatic N) is 2. The fourth-order valence-corrected chi connectivity index (χ4v) is 5.85. The Morgan fingerprint density at radius 3 is 2.58 bits per heavy atom. The third-order valence-corrected chi connectivity index (χ3v) is 7.70. The van der Waals surface area contributed by atoms with E-state index in [1.54, 1.807) is 30.5 Å². The summed E-state index contributed by atoms with van der Waals surface area (Å²) in [7, 11) is 0. The summed E-state index contributed by atoms with van der Waals surface area (Å²) >= 11 is 0. The largest absolute Gasteiger partial charge is 0.317 e. The number of benzene rings is 1. The van der Waals surface area contributed by atoms with Gasteiger partial charge in [0, 0.05) is 23.3 Å². The average molecular weight is 443 g/mol. The van der Waals surface area contributed by atoms with Crippen LogP contribution in [0.15, 0.2) is 48.8 Å². The van der Waals surface area contributed by atoms with Gasteiger partial charge < -0.3 is 11.1 Å². The number of anilines is 1. The molecule has 5 rings (SSSR count). The van der Waals surface area contributed by atoms with Crippen LogP contribution in [0.5, 0.6) is 0 Å². The van der Waals surface area contributed by atoms with Crippen LogP contribution in [0.3, 0.4) is 0 Å². The molecular weight excluding hydrogens is 415 g/mol. The highest BCUT2D eigenvalue weighted by Gasteiger charge is 2.49. The van der Waals surface area contributed by atoms with Crippen LogP contribution in [-0.4, -0.2) is 21.4 Å². The number of hydrogen-bond donors (Lipinski definition) is 2. The minimum Gasteiger partial charge on any atom is -0.317 e. The van der Waals surface area contributed by atoms with E-state index in [0.29, 0.717) is 29.1 Å². The first-order chi connectivity index (χ1) is 15.8. The highest BCUT2D eigenvalue weighted by Crippen LogP contribution is 2.55. The van der Waals surface area contributed by atoms with Crippen LogP contribution < -0.4 is 11.1 Å². The van der Waals surface area contributed by atoms with E-state index in [-0.39, 0.29) is 17.6 Å². The lowest BCUT2D eigenvalue weighted by atomic mass is 9.81. The van der Waals surface area contributed by atoms with E-state index in [1.165, 1.54) is 11.6 Å². The predicted molar refractivity (Wildman–Crippen MR) is 127 cm³/mol. The zero-order valence-corrected chi connectivity index (χ0v) is 18.6. The van der Waals surface area contributed by atoms with Crippen molar-refractivity contribution in [3.05, 3.63) is 65.7 Å². The number of aromatic nitrogens is 2. The number of carbonyl (C=O) groups excluding carboxylic acids is 1. The molecule has 2 aliphatic carbocycles. The maximum atomic E-state index is 13.9. The molecule has 1 aromatic carbocycles. The molecule has 6 heteroatoms. The second kappa shape index (κ2) is 8.24. The summed E-state index contributed by atoms with van der Waals surface area (Å²) in [5.41, 5.74) is 8.27. The SMILES string of the molecule is C#Cc1ccc(NC(=O)C(C)(N)[C@H]2C[C@H]3C[C@@H](c4ccnc5ccc(F)cc45)C[C@H]3C2)nc1. The lowest BCUT2D eigenvalue weighted by molar-refractivity contribution is -0.122. The van der Waals surface area contributed by atoms with Crippen LogP contribution in [0.1, 0.15) is 49.7 Å². The number of fused-ring (bicyclic) bond motifs is 2. The van der Waals surface area contributed by atoms with Crippen molar-refractivity contribution in [3.63, 3.8) is 0 Å². The van der Waals surface area contributed by atoms with Crippen molar-refractivity contribution >= 4 is 22.6 Å². The molecule has 2 aromatic heterocycles. The third kappa shape index (κ3) is 3.98. The summed E-state index contributed by atoms with van der Waals surface area (Å²) in [4.78, 5) is 21.6. The number of terminal acetylenes is 1. The van der Waals surface area contributed by atoms with Crippen LogP contribution in [0, 0.1) is 35.9 Å². The first kappa shape index (κ1) is 21.5. The zero-order chi connectivity index (χ0) is 23.2. The van der Waals surface area contributed by atoms with E-state index < -0.39 is 5.54 Å². The van der Waals surface area contributed by atoms with Gasteiger partial charge in [-0.3, -0.25) is 9.78 Å². The molecule has 1 amide bonds. The molecule has 0 spiro atoms. The lowest BCUT2D eigenvalue weighted by Crippen LogP contribution is -2.53. The Hall–Kier alpha value is -3.30. The Morgan fingerprint density at radius 2 is 1.91 bits per heavy atom. The number of nitrogens with one attached hydrogen (secondary N) is 1. The summed E-state index contributed by atoms with van der Waals surface area (Å²) in [6.07, 6.45) is 12.6. The van der Waals surface area contributed by atoms with Gasteiger partial charge in [0.15, 0.2) is 0 Å². The van der Waals surface area contributed by atoms with E-state index >= 15 is 0 Å². The second-order valence-corrected chi connectivity index (χ2v) is 9.73.